The highest BCUT2D eigenvalue weighted by Gasteiger charge is 2.45. The molecular formula is C26H32N4O2. The number of carbonyl (C=O) groups is 2. The first-order chi connectivity index (χ1) is 15.5. The van der Waals surface area contributed by atoms with Gasteiger partial charge in [-0.05, 0) is 88.0 Å². The number of fused-ring (bicyclic) bond motifs is 1. The zero-order chi connectivity index (χ0) is 22.3. The quantitative estimate of drug-likeness (QED) is 0.662. The number of piperidine rings is 2. The van der Waals surface area contributed by atoms with Crippen LogP contribution in [-0.2, 0) is 11.2 Å². The van der Waals surface area contributed by atoms with Crippen molar-refractivity contribution in [3.8, 4) is 6.07 Å². The first-order valence-corrected chi connectivity index (χ1v) is 12.1. The van der Waals surface area contributed by atoms with Crippen molar-refractivity contribution < 1.29 is 9.59 Å². The van der Waals surface area contributed by atoms with E-state index in [1.807, 2.05) is 6.07 Å². The van der Waals surface area contributed by atoms with Gasteiger partial charge in [0.15, 0.2) is 11.6 Å². The summed E-state index contributed by atoms with van der Waals surface area (Å²) in [6.07, 6.45) is 10.4. The summed E-state index contributed by atoms with van der Waals surface area (Å²) in [4.78, 5) is 34.7. The normalized spacial score (nSPS) is 23.2. The van der Waals surface area contributed by atoms with E-state index >= 15 is 0 Å². The van der Waals surface area contributed by atoms with Crippen LogP contribution < -0.4 is 0 Å². The number of nitrogens with zero attached hydrogens (tertiary/aromatic N) is 4. The molecule has 32 heavy (non-hydrogen) atoms. The molecule has 1 aromatic heterocycles. The first kappa shape index (κ1) is 21.3. The topological polar surface area (TPSA) is 77.3 Å². The van der Waals surface area contributed by atoms with Gasteiger partial charge >= 0.3 is 0 Å². The SMILES string of the molecule is CN1CCC(CCC(=O)c2cc3c(cn2)CC(=O)C(C#N)=C3N2CCC3(CC2)CC3)CC1. The Hall–Kier alpha value is -2.52. The number of likely N-dealkylation sites (tertiary alicyclic amines) is 2. The van der Waals surface area contributed by atoms with Crippen LogP contribution in [0.25, 0.3) is 5.70 Å². The molecule has 6 heteroatoms. The molecule has 4 aliphatic rings. The number of aromatic nitrogens is 1. The second-order valence-corrected chi connectivity index (χ2v) is 10.4. The maximum absolute atomic E-state index is 13.0. The molecule has 1 aromatic rings. The highest BCUT2D eigenvalue weighted by atomic mass is 16.1. The maximum Gasteiger partial charge on any atom is 0.181 e. The minimum Gasteiger partial charge on any atom is -0.370 e. The Morgan fingerprint density at radius 2 is 1.91 bits per heavy atom. The summed E-state index contributed by atoms with van der Waals surface area (Å²) >= 11 is 0. The summed E-state index contributed by atoms with van der Waals surface area (Å²) in [7, 11) is 2.15. The molecule has 0 bridgehead atoms. The van der Waals surface area contributed by atoms with Gasteiger partial charge in [-0.3, -0.25) is 14.6 Å². The Morgan fingerprint density at radius 1 is 1.19 bits per heavy atom. The number of hydrogen-bond donors (Lipinski definition) is 0. The average Bonchev–Trinajstić information content (AvgIpc) is 3.56. The van der Waals surface area contributed by atoms with E-state index in [2.05, 4.69) is 27.9 Å². The lowest BCUT2D eigenvalue weighted by molar-refractivity contribution is -0.114. The summed E-state index contributed by atoms with van der Waals surface area (Å²) < 4.78 is 0. The molecule has 0 aromatic carbocycles. The van der Waals surface area contributed by atoms with Crippen LogP contribution in [0.2, 0.25) is 0 Å². The molecule has 1 spiro atoms. The lowest BCUT2D eigenvalue weighted by Gasteiger charge is -2.37. The second kappa shape index (κ2) is 8.44. The van der Waals surface area contributed by atoms with Crippen LogP contribution in [-0.4, -0.2) is 59.6 Å². The lowest BCUT2D eigenvalue weighted by Crippen LogP contribution is -2.36. The van der Waals surface area contributed by atoms with Crippen molar-refractivity contribution in [2.75, 3.05) is 33.2 Å². The molecule has 6 nitrogen and oxygen atoms in total. The number of nitriles is 1. The number of carbonyl (C=O) groups excluding carboxylic acids is 2. The van der Waals surface area contributed by atoms with Crippen LogP contribution in [0.3, 0.4) is 0 Å². The molecule has 168 valence electrons. The van der Waals surface area contributed by atoms with Gasteiger partial charge in [-0.15, -0.1) is 0 Å². The van der Waals surface area contributed by atoms with Crippen LogP contribution in [0.4, 0.5) is 0 Å². The zero-order valence-electron chi connectivity index (χ0n) is 19.0. The molecule has 3 heterocycles. The van der Waals surface area contributed by atoms with E-state index in [-0.39, 0.29) is 23.6 Å². The van der Waals surface area contributed by atoms with Gasteiger partial charge in [0, 0.05) is 37.7 Å². The van der Waals surface area contributed by atoms with Crippen LogP contribution in [0, 0.1) is 22.7 Å². The van der Waals surface area contributed by atoms with E-state index in [1.165, 1.54) is 12.8 Å². The molecule has 1 saturated carbocycles. The number of rotatable bonds is 5. The molecule has 2 aliphatic carbocycles. The van der Waals surface area contributed by atoms with Crippen molar-refractivity contribution >= 4 is 17.3 Å². The maximum atomic E-state index is 13.0. The van der Waals surface area contributed by atoms with Gasteiger partial charge in [0.25, 0.3) is 0 Å². The lowest BCUT2D eigenvalue weighted by atomic mass is 9.86. The van der Waals surface area contributed by atoms with E-state index in [0.29, 0.717) is 23.4 Å². The molecule has 2 saturated heterocycles. The molecule has 0 atom stereocenters. The predicted octanol–water partition coefficient (Wildman–Crippen LogP) is 3.62. The molecule has 5 rings (SSSR count). The summed E-state index contributed by atoms with van der Waals surface area (Å²) in [5, 5.41) is 9.79. The van der Waals surface area contributed by atoms with Gasteiger partial charge in [0.1, 0.15) is 17.3 Å². The fourth-order valence-corrected chi connectivity index (χ4v) is 5.66. The first-order valence-electron chi connectivity index (χ1n) is 12.1. The Kier molecular flexibility index (Phi) is 5.63. The fourth-order valence-electron chi connectivity index (χ4n) is 5.66. The van der Waals surface area contributed by atoms with Crippen molar-refractivity contribution in [2.45, 2.75) is 57.8 Å². The van der Waals surface area contributed by atoms with Crippen molar-refractivity contribution in [1.82, 2.24) is 14.8 Å². The third kappa shape index (κ3) is 4.11. The second-order valence-electron chi connectivity index (χ2n) is 10.4. The monoisotopic (exact) mass is 432 g/mol. The number of hydrogen-bond acceptors (Lipinski definition) is 6. The predicted molar refractivity (Wildman–Crippen MR) is 122 cm³/mol. The third-order valence-corrected chi connectivity index (χ3v) is 8.22. The van der Waals surface area contributed by atoms with Crippen LogP contribution in [0.1, 0.15) is 73.0 Å². The third-order valence-electron chi connectivity index (χ3n) is 8.22. The van der Waals surface area contributed by atoms with Gasteiger partial charge in [-0.1, -0.05) is 0 Å². The minimum absolute atomic E-state index is 0.0667. The van der Waals surface area contributed by atoms with Gasteiger partial charge in [0.2, 0.25) is 0 Å². The van der Waals surface area contributed by atoms with E-state index in [1.54, 1.807) is 6.20 Å². The van der Waals surface area contributed by atoms with E-state index in [0.717, 1.165) is 75.1 Å². The Labute approximate surface area is 190 Å². The highest BCUT2D eigenvalue weighted by molar-refractivity contribution is 6.10. The largest absolute Gasteiger partial charge is 0.370 e. The smallest absolute Gasteiger partial charge is 0.181 e. The molecule has 2 aliphatic heterocycles. The summed E-state index contributed by atoms with van der Waals surface area (Å²) in [5.41, 5.74) is 3.67. The summed E-state index contributed by atoms with van der Waals surface area (Å²) in [6, 6.07) is 4.03. The summed E-state index contributed by atoms with van der Waals surface area (Å²) in [5.74, 6) is 0.538. The minimum atomic E-state index is -0.134. The molecule has 0 unspecified atom stereocenters. The Morgan fingerprint density at radius 3 is 2.56 bits per heavy atom. The van der Waals surface area contributed by atoms with Crippen LogP contribution >= 0.6 is 0 Å². The van der Waals surface area contributed by atoms with Gasteiger partial charge in [0.05, 0.1) is 5.70 Å². The molecule has 3 fully saturated rings. The zero-order valence-corrected chi connectivity index (χ0v) is 19.0. The molecule has 0 amide bonds. The fraction of sp³-hybridized carbons (Fsp3) is 0.615. The van der Waals surface area contributed by atoms with Crippen molar-refractivity contribution in [3.05, 3.63) is 34.7 Å². The summed E-state index contributed by atoms with van der Waals surface area (Å²) in [6.45, 7) is 3.95. The number of allylic oxidation sites excluding steroid dienone is 1. The standard InChI is InChI=1S/C26H32N4O2/c1-29-10-4-18(5-11-29)2-3-23(31)22-15-20-19(17-28-22)14-24(32)21(16-27)25(20)30-12-8-26(6-7-26)9-13-30/h15,17-18H,2-14H2,1H3. The van der Waals surface area contributed by atoms with E-state index < -0.39 is 0 Å². The van der Waals surface area contributed by atoms with E-state index in [4.69, 9.17) is 0 Å². The molecule has 0 N–H and O–H groups in total. The number of Topliss-reactive ketones (excluding diaryl/α,β-unsaturated/α-hetero) is 2. The van der Waals surface area contributed by atoms with Crippen LogP contribution in [0.15, 0.2) is 17.8 Å². The highest BCUT2D eigenvalue weighted by Crippen LogP contribution is 2.54. The van der Waals surface area contributed by atoms with Gasteiger partial charge in [-0.2, -0.15) is 5.26 Å². The van der Waals surface area contributed by atoms with Crippen LogP contribution in [0.5, 0.6) is 0 Å². The number of pyridine rings is 1. The van der Waals surface area contributed by atoms with Crippen molar-refractivity contribution in [1.29, 1.82) is 5.26 Å². The number of ketones is 2. The van der Waals surface area contributed by atoms with Gasteiger partial charge in [-0.25, -0.2) is 0 Å². The Bertz CT molecular complexity index is 999. The molecule has 0 radical (unpaired) electrons. The Balaban J connectivity index is 1.36. The van der Waals surface area contributed by atoms with E-state index in [9.17, 15) is 14.9 Å². The average molecular weight is 433 g/mol. The van der Waals surface area contributed by atoms with Gasteiger partial charge < -0.3 is 9.80 Å². The van der Waals surface area contributed by atoms with Crippen molar-refractivity contribution in [3.63, 3.8) is 0 Å². The molecular weight excluding hydrogens is 400 g/mol. The van der Waals surface area contributed by atoms with Crippen molar-refractivity contribution in [2.24, 2.45) is 11.3 Å².